The number of amides is 2. The van der Waals surface area contributed by atoms with E-state index in [9.17, 15) is 14.7 Å². The molecule has 0 radical (unpaired) electrons. The lowest BCUT2D eigenvalue weighted by atomic mass is 9.90. The van der Waals surface area contributed by atoms with Gasteiger partial charge in [-0.15, -0.1) is 0 Å². The van der Waals surface area contributed by atoms with Crippen LogP contribution in [0.3, 0.4) is 0 Å². The molecular formula is C25H22N2O5. The van der Waals surface area contributed by atoms with Crippen molar-refractivity contribution in [2.75, 3.05) is 17.1 Å². The third-order valence-electron chi connectivity index (χ3n) is 5.99. The second-order valence-corrected chi connectivity index (χ2v) is 7.90. The molecule has 5 rings (SSSR count). The van der Waals surface area contributed by atoms with Crippen molar-refractivity contribution in [1.29, 1.82) is 0 Å². The molecule has 3 aromatic carbocycles. The molecule has 0 spiro atoms. The van der Waals surface area contributed by atoms with Gasteiger partial charge in [0.2, 0.25) is 5.91 Å². The third kappa shape index (κ3) is 3.01. The van der Waals surface area contributed by atoms with Crippen molar-refractivity contribution in [3.8, 4) is 11.5 Å². The van der Waals surface area contributed by atoms with Gasteiger partial charge in [-0.25, -0.2) is 9.96 Å². The Hall–Kier alpha value is -3.84. The molecule has 0 saturated carbocycles. The molecule has 0 bridgehead atoms. The van der Waals surface area contributed by atoms with Crippen LogP contribution in [0, 0.1) is 12.8 Å². The molecule has 7 heteroatoms. The Labute approximate surface area is 185 Å². The van der Waals surface area contributed by atoms with Crippen LogP contribution in [0.5, 0.6) is 11.5 Å². The largest absolute Gasteiger partial charge is 0.504 e. The summed E-state index contributed by atoms with van der Waals surface area (Å²) in [4.78, 5) is 34.2. The van der Waals surface area contributed by atoms with Crippen molar-refractivity contribution in [2.24, 2.45) is 5.92 Å². The van der Waals surface area contributed by atoms with Crippen molar-refractivity contribution >= 4 is 23.2 Å². The zero-order valence-electron chi connectivity index (χ0n) is 17.6. The number of imide groups is 1. The summed E-state index contributed by atoms with van der Waals surface area (Å²) in [5.74, 6) is -1.42. The molecule has 0 aliphatic carbocycles. The van der Waals surface area contributed by atoms with Gasteiger partial charge in [-0.3, -0.25) is 14.4 Å². The molecule has 0 unspecified atom stereocenters. The van der Waals surface area contributed by atoms with E-state index in [4.69, 9.17) is 9.57 Å². The van der Waals surface area contributed by atoms with Crippen LogP contribution in [0.4, 0.5) is 11.4 Å². The summed E-state index contributed by atoms with van der Waals surface area (Å²) in [6.07, 6.45) is -1.00. The maximum atomic E-state index is 13.6. The summed E-state index contributed by atoms with van der Waals surface area (Å²) < 4.78 is 5.28. The summed E-state index contributed by atoms with van der Waals surface area (Å²) in [7, 11) is 1.46. The fraction of sp³-hybridized carbons (Fsp3) is 0.200. The summed E-state index contributed by atoms with van der Waals surface area (Å²) in [6, 6.07) is 20.8. The number of aromatic hydroxyl groups is 1. The quantitative estimate of drug-likeness (QED) is 0.635. The van der Waals surface area contributed by atoms with E-state index < -0.39 is 24.0 Å². The van der Waals surface area contributed by atoms with Gasteiger partial charge < -0.3 is 9.84 Å². The van der Waals surface area contributed by atoms with Crippen molar-refractivity contribution < 1.29 is 24.3 Å². The van der Waals surface area contributed by atoms with Gasteiger partial charge in [0.15, 0.2) is 17.6 Å². The number of para-hydroxylation sites is 2. The number of carbonyl (C=O) groups excluding carboxylic acids is 2. The first kappa shape index (κ1) is 20.1. The van der Waals surface area contributed by atoms with E-state index in [2.05, 4.69) is 0 Å². The normalized spacial score (nSPS) is 22.4. The van der Waals surface area contributed by atoms with E-state index in [0.717, 1.165) is 5.56 Å². The zero-order valence-corrected chi connectivity index (χ0v) is 17.6. The van der Waals surface area contributed by atoms with E-state index in [1.54, 1.807) is 35.4 Å². The minimum atomic E-state index is -1.00. The van der Waals surface area contributed by atoms with Crippen LogP contribution in [-0.4, -0.2) is 30.1 Å². The van der Waals surface area contributed by atoms with E-state index in [-0.39, 0.29) is 17.4 Å². The van der Waals surface area contributed by atoms with E-state index in [1.165, 1.54) is 12.0 Å². The molecule has 2 aliphatic heterocycles. The molecule has 3 atom stereocenters. The van der Waals surface area contributed by atoms with Gasteiger partial charge in [0.25, 0.3) is 5.91 Å². The highest BCUT2D eigenvalue weighted by Gasteiger charge is 2.60. The van der Waals surface area contributed by atoms with Crippen LogP contribution >= 0.6 is 0 Å². The molecule has 2 heterocycles. The number of hydrogen-bond acceptors (Lipinski definition) is 6. The molecule has 32 heavy (non-hydrogen) atoms. The molecule has 162 valence electrons. The van der Waals surface area contributed by atoms with Crippen molar-refractivity contribution in [2.45, 2.75) is 19.1 Å². The van der Waals surface area contributed by atoms with Gasteiger partial charge >= 0.3 is 0 Å². The Balaban J connectivity index is 1.62. The van der Waals surface area contributed by atoms with Crippen molar-refractivity contribution in [1.82, 2.24) is 0 Å². The monoisotopic (exact) mass is 430 g/mol. The predicted octanol–water partition coefficient (Wildman–Crippen LogP) is 3.76. The second-order valence-electron chi connectivity index (χ2n) is 7.90. The fourth-order valence-corrected chi connectivity index (χ4v) is 4.42. The standard InChI is InChI=1S/C25H22N2O5/c1-15-11-13-16(14-12-15)26-24(29)20-21(18-9-6-10-19(31-2)22(18)28)27(32-23(20)25(26)30)17-7-4-3-5-8-17/h3-14,20-21,23,28H,1-2H3/t20-,21-,23+/m1/s1. The van der Waals surface area contributed by atoms with Crippen LogP contribution in [-0.2, 0) is 14.4 Å². The van der Waals surface area contributed by atoms with Crippen LogP contribution < -0.4 is 14.7 Å². The molecule has 1 N–H and O–H groups in total. The minimum absolute atomic E-state index is 0.0841. The first-order valence-electron chi connectivity index (χ1n) is 10.3. The van der Waals surface area contributed by atoms with Gasteiger partial charge in [0.05, 0.1) is 18.5 Å². The van der Waals surface area contributed by atoms with E-state index >= 15 is 0 Å². The summed E-state index contributed by atoms with van der Waals surface area (Å²) in [6.45, 7) is 1.94. The number of benzene rings is 3. The van der Waals surface area contributed by atoms with Gasteiger partial charge in [-0.05, 0) is 37.3 Å². The Morgan fingerprint density at radius 3 is 2.28 bits per heavy atom. The number of phenolic OH excluding ortho intramolecular Hbond substituents is 1. The highest BCUT2D eigenvalue weighted by Crippen LogP contribution is 2.50. The van der Waals surface area contributed by atoms with Crippen molar-refractivity contribution in [3.05, 3.63) is 83.9 Å². The fourth-order valence-electron chi connectivity index (χ4n) is 4.42. The number of nitrogens with zero attached hydrogens (tertiary/aromatic N) is 2. The van der Waals surface area contributed by atoms with Crippen LogP contribution in [0.2, 0.25) is 0 Å². The summed E-state index contributed by atoms with van der Waals surface area (Å²) in [5.41, 5.74) is 2.66. The van der Waals surface area contributed by atoms with Gasteiger partial charge in [-0.2, -0.15) is 0 Å². The topological polar surface area (TPSA) is 79.3 Å². The smallest absolute Gasteiger partial charge is 0.266 e. The number of methoxy groups -OCH3 is 1. The van der Waals surface area contributed by atoms with E-state index in [1.807, 2.05) is 49.4 Å². The van der Waals surface area contributed by atoms with Crippen LogP contribution in [0.1, 0.15) is 17.2 Å². The molecule has 7 nitrogen and oxygen atoms in total. The number of carbonyl (C=O) groups is 2. The lowest BCUT2D eigenvalue weighted by molar-refractivity contribution is -0.126. The van der Waals surface area contributed by atoms with Crippen LogP contribution in [0.25, 0.3) is 0 Å². The predicted molar refractivity (Wildman–Crippen MR) is 118 cm³/mol. The average molecular weight is 430 g/mol. The molecule has 0 aromatic heterocycles. The molecule has 2 saturated heterocycles. The minimum Gasteiger partial charge on any atom is -0.504 e. The van der Waals surface area contributed by atoms with E-state index in [0.29, 0.717) is 16.9 Å². The number of fused-ring (bicyclic) bond motifs is 1. The highest BCUT2D eigenvalue weighted by molar-refractivity contribution is 6.24. The Morgan fingerprint density at radius 2 is 1.59 bits per heavy atom. The van der Waals surface area contributed by atoms with Crippen LogP contribution in [0.15, 0.2) is 72.8 Å². The van der Waals surface area contributed by atoms with Gasteiger partial charge in [-0.1, -0.05) is 48.0 Å². The first-order chi connectivity index (χ1) is 15.5. The Morgan fingerprint density at radius 1 is 0.875 bits per heavy atom. The SMILES string of the molecule is COc1cccc([C@@H]2[C@H]3C(=O)N(c4ccc(C)cc4)C(=O)[C@H]3ON2c2ccccc2)c1O. The number of rotatable bonds is 4. The Bertz CT molecular complexity index is 1180. The third-order valence-corrected chi connectivity index (χ3v) is 5.99. The molecule has 3 aromatic rings. The zero-order chi connectivity index (χ0) is 22.4. The lowest BCUT2D eigenvalue weighted by Gasteiger charge is -2.29. The maximum absolute atomic E-state index is 13.6. The average Bonchev–Trinajstić information content (AvgIpc) is 3.31. The number of ether oxygens (including phenoxy) is 1. The number of anilines is 2. The molecule has 2 amide bonds. The number of hydroxylamine groups is 1. The number of aryl methyl sites for hydroxylation is 1. The number of hydrogen-bond donors (Lipinski definition) is 1. The summed E-state index contributed by atoms with van der Waals surface area (Å²) in [5, 5.41) is 12.4. The summed E-state index contributed by atoms with van der Waals surface area (Å²) >= 11 is 0. The number of phenols is 1. The van der Waals surface area contributed by atoms with Gasteiger partial charge in [0.1, 0.15) is 12.0 Å². The maximum Gasteiger partial charge on any atom is 0.266 e. The molecule has 2 aliphatic rings. The molecule has 2 fully saturated rings. The van der Waals surface area contributed by atoms with Crippen molar-refractivity contribution in [3.63, 3.8) is 0 Å². The second kappa shape index (κ2) is 7.69. The highest BCUT2D eigenvalue weighted by atomic mass is 16.7. The first-order valence-corrected chi connectivity index (χ1v) is 10.3. The lowest BCUT2D eigenvalue weighted by Crippen LogP contribution is -2.37. The molecular weight excluding hydrogens is 408 g/mol. The van der Waals surface area contributed by atoms with Gasteiger partial charge in [0, 0.05) is 5.56 Å². The Kier molecular flexibility index (Phi) is 4.83.